The van der Waals surface area contributed by atoms with E-state index in [1.807, 2.05) is 12.1 Å². The van der Waals surface area contributed by atoms with Crippen molar-refractivity contribution in [3.63, 3.8) is 0 Å². The lowest BCUT2D eigenvalue weighted by Gasteiger charge is -2.25. The average Bonchev–Trinajstić information content (AvgIpc) is 2.30. The van der Waals surface area contributed by atoms with Gasteiger partial charge in [-0.25, -0.2) is 4.39 Å². The zero-order chi connectivity index (χ0) is 14.5. The standard InChI is InChI=1S/C16H25ClFN/c1-12(2)11-19-9-8-16(3,4)10-13-6-5-7-14(17)15(13)18/h5-7,12,19H,8-11H2,1-4H3. The van der Waals surface area contributed by atoms with E-state index in [1.54, 1.807) is 6.07 Å². The number of hydrogen-bond acceptors (Lipinski definition) is 1. The van der Waals surface area contributed by atoms with Gasteiger partial charge in [-0.15, -0.1) is 0 Å². The molecule has 1 nitrogen and oxygen atoms in total. The van der Waals surface area contributed by atoms with E-state index in [9.17, 15) is 4.39 Å². The molecule has 0 atom stereocenters. The summed E-state index contributed by atoms with van der Waals surface area (Å²) in [6.07, 6.45) is 1.73. The Bertz CT molecular complexity index is 402. The highest BCUT2D eigenvalue weighted by atomic mass is 35.5. The fraction of sp³-hybridized carbons (Fsp3) is 0.625. The predicted molar refractivity (Wildman–Crippen MR) is 81.2 cm³/mol. The van der Waals surface area contributed by atoms with Crippen molar-refractivity contribution in [3.8, 4) is 0 Å². The van der Waals surface area contributed by atoms with E-state index >= 15 is 0 Å². The molecule has 0 unspecified atom stereocenters. The summed E-state index contributed by atoms with van der Waals surface area (Å²) in [4.78, 5) is 0. The largest absolute Gasteiger partial charge is 0.316 e. The van der Waals surface area contributed by atoms with Crippen molar-refractivity contribution in [2.24, 2.45) is 11.3 Å². The van der Waals surface area contributed by atoms with Crippen LogP contribution in [0, 0.1) is 17.2 Å². The number of benzene rings is 1. The molecule has 0 aliphatic carbocycles. The number of halogens is 2. The van der Waals surface area contributed by atoms with Crippen LogP contribution in [0.15, 0.2) is 18.2 Å². The van der Waals surface area contributed by atoms with Crippen LogP contribution in [0.3, 0.4) is 0 Å². The summed E-state index contributed by atoms with van der Waals surface area (Å²) in [5.74, 6) is 0.390. The van der Waals surface area contributed by atoms with Gasteiger partial charge in [-0.2, -0.15) is 0 Å². The molecule has 0 aliphatic rings. The van der Waals surface area contributed by atoms with Crippen molar-refractivity contribution in [2.45, 2.75) is 40.5 Å². The second-order valence-corrected chi connectivity index (χ2v) is 6.81. The Morgan fingerprint density at radius 1 is 1.32 bits per heavy atom. The van der Waals surface area contributed by atoms with Gasteiger partial charge >= 0.3 is 0 Å². The van der Waals surface area contributed by atoms with Gasteiger partial charge < -0.3 is 5.32 Å². The van der Waals surface area contributed by atoms with Gasteiger partial charge in [0.05, 0.1) is 5.02 Å². The Labute approximate surface area is 121 Å². The molecule has 1 aromatic rings. The molecule has 108 valence electrons. The highest BCUT2D eigenvalue weighted by Gasteiger charge is 2.20. The molecule has 1 aromatic carbocycles. The fourth-order valence-electron chi connectivity index (χ4n) is 2.11. The van der Waals surface area contributed by atoms with Crippen LogP contribution in [-0.2, 0) is 6.42 Å². The van der Waals surface area contributed by atoms with Crippen LogP contribution in [-0.4, -0.2) is 13.1 Å². The van der Waals surface area contributed by atoms with Gasteiger partial charge in [-0.1, -0.05) is 51.4 Å². The predicted octanol–water partition coefficient (Wildman–Crippen LogP) is 4.68. The average molecular weight is 286 g/mol. The molecule has 0 aliphatic heterocycles. The van der Waals surface area contributed by atoms with E-state index in [0.717, 1.165) is 19.5 Å². The molecule has 19 heavy (non-hydrogen) atoms. The van der Waals surface area contributed by atoms with E-state index in [-0.39, 0.29) is 16.3 Å². The minimum Gasteiger partial charge on any atom is -0.316 e. The third kappa shape index (κ3) is 5.92. The van der Waals surface area contributed by atoms with Crippen LogP contribution < -0.4 is 5.32 Å². The van der Waals surface area contributed by atoms with Crippen LogP contribution in [0.1, 0.15) is 39.7 Å². The summed E-state index contributed by atoms with van der Waals surface area (Å²) in [5.41, 5.74) is 0.775. The van der Waals surface area contributed by atoms with Gasteiger partial charge in [-0.05, 0) is 48.9 Å². The maximum absolute atomic E-state index is 13.9. The fourth-order valence-corrected chi connectivity index (χ4v) is 2.30. The summed E-state index contributed by atoms with van der Waals surface area (Å²) in [7, 11) is 0. The highest BCUT2D eigenvalue weighted by Crippen LogP contribution is 2.28. The zero-order valence-corrected chi connectivity index (χ0v) is 13.1. The SMILES string of the molecule is CC(C)CNCCC(C)(C)Cc1cccc(Cl)c1F. The van der Waals surface area contributed by atoms with Crippen LogP contribution >= 0.6 is 11.6 Å². The Morgan fingerprint density at radius 2 is 2.00 bits per heavy atom. The monoisotopic (exact) mass is 285 g/mol. The van der Waals surface area contributed by atoms with Gasteiger partial charge in [0, 0.05) is 0 Å². The third-order valence-electron chi connectivity index (χ3n) is 3.23. The molecular weight excluding hydrogens is 261 g/mol. The molecule has 0 aromatic heterocycles. The molecule has 1 N–H and O–H groups in total. The van der Waals surface area contributed by atoms with Crippen molar-refractivity contribution in [2.75, 3.05) is 13.1 Å². The lowest BCUT2D eigenvalue weighted by Crippen LogP contribution is -2.26. The van der Waals surface area contributed by atoms with Crippen molar-refractivity contribution in [1.29, 1.82) is 0 Å². The quantitative estimate of drug-likeness (QED) is 0.717. The summed E-state index contributed by atoms with van der Waals surface area (Å²) in [6, 6.07) is 5.23. The topological polar surface area (TPSA) is 12.0 Å². The molecule has 0 heterocycles. The van der Waals surface area contributed by atoms with Crippen molar-refractivity contribution in [1.82, 2.24) is 5.32 Å². The first-order valence-corrected chi connectivity index (χ1v) is 7.33. The number of nitrogens with one attached hydrogen (secondary N) is 1. The van der Waals surface area contributed by atoms with E-state index in [2.05, 4.69) is 33.0 Å². The third-order valence-corrected chi connectivity index (χ3v) is 3.52. The molecule has 1 rings (SSSR count). The minimum atomic E-state index is -0.271. The maximum Gasteiger partial charge on any atom is 0.144 e. The molecular formula is C16H25ClFN. The lowest BCUT2D eigenvalue weighted by atomic mass is 9.82. The molecule has 0 amide bonds. The molecule has 0 bridgehead atoms. The Kier molecular flexibility index (Phi) is 6.28. The first-order chi connectivity index (χ1) is 8.82. The maximum atomic E-state index is 13.9. The first-order valence-electron chi connectivity index (χ1n) is 6.95. The van der Waals surface area contributed by atoms with Crippen LogP contribution in [0.5, 0.6) is 0 Å². The normalized spacial score (nSPS) is 12.2. The van der Waals surface area contributed by atoms with Crippen molar-refractivity contribution in [3.05, 3.63) is 34.6 Å². The van der Waals surface area contributed by atoms with Gasteiger partial charge in [0.2, 0.25) is 0 Å². The van der Waals surface area contributed by atoms with Crippen LogP contribution in [0.4, 0.5) is 4.39 Å². The second kappa shape index (κ2) is 7.25. The van der Waals surface area contributed by atoms with Gasteiger partial charge in [0.15, 0.2) is 0 Å². The highest BCUT2D eigenvalue weighted by molar-refractivity contribution is 6.30. The Balaban J connectivity index is 2.51. The summed E-state index contributed by atoms with van der Waals surface area (Å²) in [6.45, 7) is 10.7. The Morgan fingerprint density at radius 3 is 2.63 bits per heavy atom. The summed E-state index contributed by atoms with van der Waals surface area (Å²) in [5, 5.41) is 3.65. The van der Waals surface area contributed by atoms with Gasteiger partial charge in [0.1, 0.15) is 5.82 Å². The summed E-state index contributed by atoms with van der Waals surface area (Å²) >= 11 is 5.82. The van der Waals surface area contributed by atoms with E-state index < -0.39 is 0 Å². The van der Waals surface area contributed by atoms with Crippen molar-refractivity contribution < 1.29 is 4.39 Å². The van der Waals surface area contributed by atoms with E-state index in [4.69, 9.17) is 11.6 Å². The minimum absolute atomic E-state index is 0.0650. The smallest absolute Gasteiger partial charge is 0.144 e. The summed E-state index contributed by atoms with van der Waals surface area (Å²) < 4.78 is 13.9. The second-order valence-electron chi connectivity index (χ2n) is 6.40. The molecule has 0 fully saturated rings. The van der Waals surface area contributed by atoms with E-state index in [0.29, 0.717) is 17.9 Å². The Hall–Kier alpha value is -0.600. The van der Waals surface area contributed by atoms with Crippen LogP contribution in [0.25, 0.3) is 0 Å². The van der Waals surface area contributed by atoms with Crippen molar-refractivity contribution >= 4 is 11.6 Å². The molecule has 3 heteroatoms. The number of rotatable bonds is 7. The van der Waals surface area contributed by atoms with Gasteiger partial charge in [0.25, 0.3) is 0 Å². The van der Waals surface area contributed by atoms with Gasteiger partial charge in [-0.3, -0.25) is 0 Å². The van der Waals surface area contributed by atoms with E-state index in [1.165, 1.54) is 0 Å². The van der Waals surface area contributed by atoms with Crippen LogP contribution in [0.2, 0.25) is 5.02 Å². The lowest BCUT2D eigenvalue weighted by molar-refractivity contribution is 0.318. The first kappa shape index (κ1) is 16.5. The molecule has 0 spiro atoms. The number of hydrogen-bond donors (Lipinski definition) is 1. The molecule has 0 saturated carbocycles. The zero-order valence-electron chi connectivity index (χ0n) is 12.4. The molecule has 0 radical (unpaired) electrons. The molecule has 0 saturated heterocycles.